The number of nitrogens with one attached hydrogen (secondary N) is 1. The van der Waals surface area contributed by atoms with Crippen LogP contribution in [-0.4, -0.2) is 28.2 Å². The van der Waals surface area contributed by atoms with E-state index in [1.165, 1.54) is 6.20 Å². The Bertz CT molecular complexity index is 674. The van der Waals surface area contributed by atoms with Gasteiger partial charge in [-0.25, -0.2) is 18.4 Å². The summed E-state index contributed by atoms with van der Waals surface area (Å²) in [6.07, 6.45) is 11.2. The molecule has 3 rings (SSSR count). The van der Waals surface area contributed by atoms with Crippen molar-refractivity contribution in [2.45, 2.75) is 37.4 Å². The van der Waals surface area contributed by atoms with Crippen molar-refractivity contribution in [2.24, 2.45) is 0 Å². The molecule has 1 aliphatic rings. The Hall–Kier alpha value is -1.89. The van der Waals surface area contributed by atoms with E-state index in [4.69, 9.17) is 0 Å². The van der Waals surface area contributed by atoms with Crippen molar-refractivity contribution in [1.82, 2.24) is 14.5 Å². The molecule has 112 valence electrons. The first-order valence-electron chi connectivity index (χ1n) is 7.11. The highest BCUT2D eigenvalue weighted by Gasteiger charge is 2.27. The second kappa shape index (κ2) is 5.85. The highest BCUT2D eigenvalue weighted by Crippen LogP contribution is 2.25. The fourth-order valence-corrected chi connectivity index (χ4v) is 4.19. The number of hydrogen-bond donors (Lipinski definition) is 1. The fourth-order valence-electron chi connectivity index (χ4n) is 2.62. The lowest BCUT2D eigenvalue weighted by molar-refractivity contribution is 0.486. The molecule has 0 atom stereocenters. The van der Waals surface area contributed by atoms with Crippen LogP contribution >= 0.6 is 0 Å². The summed E-state index contributed by atoms with van der Waals surface area (Å²) >= 11 is 0. The van der Waals surface area contributed by atoms with E-state index < -0.39 is 10.0 Å². The molecule has 0 bridgehead atoms. The smallest absolute Gasteiger partial charge is 0.235 e. The van der Waals surface area contributed by atoms with E-state index in [1.54, 1.807) is 35.4 Å². The second-order valence-corrected chi connectivity index (χ2v) is 7.24. The molecule has 0 aromatic carbocycles. The maximum Gasteiger partial charge on any atom is 0.235 e. The standard InChI is InChI=1S/C14H18N4O2S/c19-21(20,13-4-2-1-3-5-13)17-12-6-7-14(16-10-12)18-9-8-15-11-18/h6-11,13,17H,1-5H2. The van der Waals surface area contributed by atoms with Gasteiger partial charge in [-0.05, 0) is 25.0 Å². The number of pyridine rings is 1. The maximum absolute atomic E-state index is 12.3. The van der Waals surface area contributed by atoms with Gasteiger partial charge in [-0.2, -0.15) is 0 Å². The molecule has 7 heteroatoms. The third-order valence-corrected chi connectivity index (χ3v) is 5.64. The van der Waals surface area contributed by atoms with Gasteiger partial charge < -0.3 is 0 Å². The van der Waals surface area contributed by atoms with Crippen molar-refractivity contribution in [1.29, 1.82) is 0 Å². The minimum atomic E-state index is -3.31. The summed E-state index contributed by atoms with van der Waals surface area (Å²) < 4.78 is 29.0. The van der Waals surface area contributed by atoms with Crippen LogP contribution in [0.3, 0.4) is 0 Å². The van der Waals surface area contributed by atoms with Gasteiger partial charge in [0.05, 0.1) is 17.1 Å². The Morgan fingerprint density at radius 2 is 2.00 bits per heavy atom. The molecule has 1 saturated carbocycles. The highest BCUT2D eigenvalue weighted by molar-refractivity contribution is 7.93. The van der Waals surface area contributed by atoms with Crippen molar-refractivity contribution in [3.05, 3.63) is 37.1 Å². The molecule has 2 aromatic rings. The molecular weight excluding hydrogens is 288 g/mol. The summed E-state index contributed by atoms with van der Waals surface area (Å²) in [6.45, 7) is 0. The quantitative estimate of drug-likeness (QED) is 0.940. The van der Waals surface area contributed by atoms with Crippen LogP contribution in [0.15, 0.2) is 37.1 Å². The van der Waals surface area contributed by atoms with Crippen molar-refractivity contribution >= 4 is 15.7 Å². The number of imidazole rings is 1. The van der Waals surface area contributed by atoms with Gasteiger partial charge >= 0.3 is 0 Å². The van der Waals surface area contributed by atoms with Crippen molar-refractivity contribution in [3.8, 4) is 5.82 Å². The summed E-state index contributed by atoms with van der Waals surface area (Å²) in [6, 6.07) is 3.49. The summed E-state index contributed by atoms with van der Waals surface area (Å²) in [5.41, 5.74) is 0.504. The lowest BCUT2D eigenvalue weighted by atomic mass is 10.0. The predicted octanol–water partition coefficient (Wildman–Crippen LogP) is 2.34. The zero-order chi connectivity index (χ0) is 14.7. The number of sulfonamides is 1. The monoisotopic (exact) mass is 306 g/mol. The molecule has 0 spiro atoms. The van der Waals surface area contributed by atoms with Crippen LogP contribution in [0.2, 0.25) is 0 Å². The second-order valence-electron chi connectivity index (χ2n) is 5.28. The number of rotatable bonds is 4. The molecule has 2 aromatic heterocycles. The molecule has 0 aliphatic heterocycles. The van der Waals surface area contributed by atoms with Gasteiger partial charge in [-0.15, -0.1) is 0 Å². The van der Waals surface area contributed by atoms with Crippen molar-refractivity contribution in [2.75, 3.05) is 4.72 Å². The number of anilines is 1. The SMILES string of the molecule is O=S(=O)(Nc1ccc(-n2ccnc2)nc1)C1CCCCC1. The molecule has 0 amide bonds. The van der Waals surface area contributed by atoms with Crippen LogP contribution in [0.1, 0.15) is 32.1 Å². The summed E-state index contributed by atoms with van der Waals surface area (Å²) in [7, 11) is -3.31. The molecule has 1 aliphatic carbocycles. The molecular formula is C14H18N4O2S. The number of nitrogens with zero attached hydrogens (tertiary/aromatic N) is 3. The third kappa shape index (κ3) is 3.24. The number of aromatic nitrogens is 3. The lowest BCUT2D eigenvalue weighted by Gasteiger charge is -2.22. The Balaban J connectivity index is 1.72. The van der Waals surface area contributed by atoms with E-state index in [-0.39, 0.29) is 5.25 Å². The molecule has 0 unspecified atom stereocenters. The fraction of sp³-hybridized carbons (Fsp3) is 0.429. The number of hydrogen-bond acceptors (Lipinski definition) is 4. The van der Waals surface area contributed by atoms with Crippen LogP contribution < -0.4 is 4.72 Å². The largest absolute Gasteiger partial charge is 0.291 e. The van der Waals surface area contributed by atoms with E-state index in [0.29, 0.717) is 11.5 Å². The summed E-state index contributed by atoms with van der Waals surface area (Å²) in [5, 5.41) is -0.278. The first-order chi connectivity index (χ1) is 10.1. The van der Waals surface area contributed by atoms with Gasteiger partial charge in [0, 0.05) is 12.4 Å². The minimum Gasteiger partial charge on any atom is -0.291 e. The maximum atomic E-state index is 12.3. The Morgan fingerprint density at radius 1 is 1.19 bits per heavy atom. The Morgan fingerprint density at radius 3 is 2.62 bits per heavy atom. The average Bonchev–Trinajstić information content (AvgIpc) is 3.03. The lowest BCUT2D eigenvalue weighted by Crippen LogP contribution is -2.29. The van der Waals surface area contributed by atoms with E-state index in [9.17, 15) is 8.42 Å². The third-order valence-electron chi connectivity index (χ3n) is 3.77. The van der Waals surface area contributed by atoms with Gasteiger partial charge in [0.25, 0.3) is 0 Å². The van der Waals surface area contributed by atoms with Crippen LogP contribution in [-0.2, 0) is 10.0 Å². The minimum absolute atomic E-state index is 0.278. The van der Waals surface area contributed by atoms with Crippen LogP contribution in [0.25, 0.3) is 5.82 Å². The topological polar surface area (TPSA) is 76.9 Å². The van der Waals surface area contributed by atoms with E-state index in [0.717, 1.165) is 32.1 Å². The predicted molar refractivity (Wildman–Crippen MR) is 80.8 cm³/mol. The highest BCUT2D eigenvalue weighted by atomic mass is 32.2. The molecule has 0 radical (unpaired) electrons. The average molecular weight is 306 g/mol. The van der Waals surface area contributed by atoms with Crippen molar-refractivity contribution < 1.29 is 8.42 Å². The Kier molecular flexibility index (Phi) is 3.92. The van der Waals surface area contributed by atoms with E-state index in [1.807, 2.05) is 0 Å². The van der Waals surface area contributed by atoms with Crippen molar-refractivity contribution in [3.63, 3.8) is 0 Å². The zero-order valence-corrected chi connectivity index (χ0v) is 12.5. The van der Waals surface area contributed by atoms with E-state index >= 15 is 0 Å². The van der Waals surface area contributed by atoms with Crippen LogP contribution in [0, 0.1) is 0 Å². The van der Waals surface area contributed by atoms with Gasteiger partial charge in [0.1, 0.15) is 12.1 Å². The molecule has 0 saturated heterocycles. The molecule has 6 nitrogen and oxygen atoms in total. The molecule has 1 fully saturated rings. The first-order valence-corrected chi connectivity index (χ1v) is 8.66. The van der Waals surface area contributed by atoms with E-state index in [2.05, 4.69) is 14.7 Å². The van der Waals surface area contributed by atoms with Crippen LogP contribution in [0.4, 0.5) is 5.69 Å². The first kappa shape index (κ1) is 14.1. The molecule has 1 N–H and O–H groups in total. The summed E-state index contributed by atoms with van der Waals surface area (Å²) in [5.74, 6) is 0.702. The Labute approximate surface area is 124 Å². The zero-order valence-electron chi connectivity index (χ0n) is 11.6. The summed E-state index contributed by atoms with van der Waals surface area (Å²) in [4.78, 5) is 8.20. The molecule has 21 heavy (non-hydrogen) atoms. The molecule has 2 heterocycles. The van der Waals surface area contributed by atoms with Gasteiger partial charge in [0.2, 0.25) is 10.0 Å². The van der Waals surface area contributed by atoms with Gasteiger partial charge in [-0.1, -0.05) is 19.3 Å². The van der Waals surface area contributed by atoms with Gasteiger partial charge in [-0.3, -0.25) is 9.29 Å². The van der Waals surface area contributed by atoms with Crippen LogP contribution in [0.5, 0.6) is 0 Å². The van der Waals surface area contributed by atoms with Gasteiger partial charge in [0.15, 0.2) is 0 Å². The normalized spacial score (nSPS) is 16.8.